The third kappa shape index (κ3) is 3.72. The quantitative estimate of drug-likeness (QED) is 0.464. The van der Waals surface area contributed by atoms with Gasteiger partial charge in [-0.2, -0.15) is 26.3 Å². The summed E-state index contributed by atoms with van der Waals surface area (Å²) in [5.74, 6) is -0.571. The van der Waals surface area contributed by atoms with Crippen molar-refractivity contribution >= 4 is 11.4 Å². The summed E-state index contributed by atoms with van der Waals surface area (Å²) in [7, 11) is 0. The number of hydrogen-bond acceptors (Lipinski definition) is 2. The number of halogens is 7. The van der Waals surface area contributed by atoms with Gasteiger partial charge in [0.25, 0.3) is 0 Å². The standard InChI is InChI=1S/C21H13F7N2/c22-15-8-9-18-17(11-15)19(12-4-6-13(7-5-12)20(23,24)25)29-30(18)16-3-1-2-14(10-16)21(26,27)28/h1-11,19,29H. The van der Waals surface area contributed by atoms with Crippen LogP contribution in [-0.4, -0.2) is 0 Å². The average molecular weight is 426 g/mol. The highest BCUT2D eigenvalue weighted by Crippen LogP contribution is 2.42. The minimum atomic E-state index is -4.55. The van der Waals surface area contributed by atoms with Crippen LogP contribution >= 0.6 is 0 Å². The summed E-state index contributed by atoms with van der Waals surface area (Å²) < 4.78 is 91.7. The third-order valence-corrected chi connectivity index (χ3v) is 4.80. The lowest BCUT2D eigenvalue weighted by atomic mass is 9.98. The summed E-state index contributed by atoms with van der Waals surface area (Å²) in [6.07, 6.45) is -9.05. The molecule has 0 radical (unpaired) electrons. The molecule has 0 amide bonds. The summed E-state index contributed by atoms with van der Waals surface area (Å²) in [5, 5.41) is 1.37. The number of hydrogen-bond donors (Lipinski definition) is 1. The molecule has 3 aromatic rings. The van der Waals surface area contributed by atoms with Crippen molar-refractivity contribution in [3.63, 3.8) is 0 Å². The molecule has 1 aliphatic heterocycles. The van der Waals surface area contributed by atoms with Crippen LogP contribution in [0.4, 0.5) is 42.1 Å². The number of rotatable bonds is 2. The van der Waals surface area contributed by atoms with Crippen LogP contribution in [0.1, 0.15) is 28.3 Å². The van der Waals surface area contributed by atoms with Gasteiger partial charge in [-0.1, -0.05) is 18.2 Å². The van der Waals surface area contributed by atoms with Crippen molar-refractivity contribution in [2.24, 2.45) is 0 Å². The van der Waals surface area contributed by atoms with Gasteiger partial charge in [-0.05, 0) is 54.1 Å². The molecule has 30 heavy (non-hydrogen) atoms. The Morgan fingerprint density at radius 3 is 2.03 bits per heavy atom. The molecule has 0 saturated carbocycles. The molecule has 3 aromatic carbocycles. The Kier molecular flexibility index (Phi) is 4.73. The Labute approximate surface area is 166 Å². The lowest BCUT2D eigenvalue weighted by molar-refractivity contribution is -0.138. The fraction of sp³-hybridized carbons (Fsp3) is 0.143. The number of nitrogens with zero attached hydrogens (tertiary/aromatic N) is 1. The van der Waals surface area contributed by atoms with Gasteiger partial charge in [0.15, 0.2) is 0 Å². The second-order valence-corrected chi connectivity index (χ2v) is 6.77. The fourth-order valence-corrected chi connectivity index (χ4v) is 3.38. The summed E-state index contributed by atoms with van der Waals surface area (Å²) in [6, 6.07) is 11.9. The molecule has 0 bridgehead atoms. The van der Waals surface area contributed by atoms with Crippen LogP contribution in [-0.2, 0) is 12.4 Å². The van der Waals surface area contributed by atoms with E-state index in [-0.39, 0.29) is 5.69 Å². The molecule has 0 saturated heterocycles. The molecule has 0 aliphatic carbocycles. The van der Waals surface area contributed by atoms with Crippen LogP contribution in [0.2, 0.25) is 0 Å². The van der Waals surface area contributed by atoms with E-state index in [4.69, 9.17) is 0 Å². The molecular formula is C21H13F7N2. The van der Waals surface area contributed by atoms with Crippen molar-refractivity contribution in [2.75, 3.05) is 5.01 Å². The summed E-state index contributed by atoms with van der Waals surface area (Å²) in [5.41, 5.74) is 2.64. The van der Waals surface area contributed by atoms with E-state index in [2.05, 4.69) is 5.43 Å². The number of nitrogens with one attached hydrogen (secondary N) is 1. The molecule has 1 aliphatic rings. The van der Waals surface area contributed by atoms with Gasteiger partial charge in [-0.25, -0.2) is 9.82 Å². The molecule has 1 unspecified atom stereocenters. The highest BCUT2D eigenvalue weighted by Gasteiger charge is 2.35. The largest absolute Gasteiger partial charge is 0.416 e. The Bertz CT molecular complexity index is 1070. The van der Waals surface area contributed by atoms with Crippen LogP contribution in [0, 0.1) is 5.82 Å². The van der Waals surface area contributed by atoms with Gasteiger partial charge in [0.1, 0.15) is 5.82 Å². The molecule has 0 fully saturated rings. The topological polar surface area (TPSA) is 15.3 Å². The average Bonchev–Trinajstić information content (AvgIpc) is 3.05. The van der Waals surface area contributed by atoms with Gasteiger partial charge < -0.3 is 0 Å². The normalized spacial score (nSPS) is 16.6. The minimum Gasteiger partial charge on any atom is -0.276 e. The van der Waals surface area contributed by atoms with E-state index in [1.807, 2.05) is 0 Å². The first-order chi connectivity index (χ1) is 14.0. The van der Waals surface area contributed by atoms with E-state index in [0.717, 1.165) is 30.3 Å². The van der Waals surface area contributed by atoms with Crippen molar-refractivity contribution < 1.29 is 30.7 Å². The van der Waals surface area contributed by atoms with Crippen molar-refractivity contribution in [1.82, 2.24) is 5.43 Å². The predicted molar refractivity (Wildman–Crippen MR) is 96.4 cm³/mol. The monoisotopic (exact) mass is 426 g/mol. The van der Waals surface area contributed by atoms with Crippen LogP contribution < -0.4 is 10.4 Å². The summed E-state index contributed by atoms with van der Waals surface area (Å²) in [6.45, 7) is 0. The fourth-order valence-electron chi connectivity index (χ4n) is 3.38. The van der Waals surface area contributed by atoms with E-state index in [1.165, 1.54) is 41.4 Å². The molecule has 156 valence electrons. The van der Waals surface area contributed by atoms with Gasteiger partial charge in [0.2, 0.25) is 0 Å². The first-order valence-corrected chi connectivity index (χ1v) is 8.74. The lowest BCUT2D eigenvalue weighted by Crippen LogP contribution is -2.30. The number of benzene rings is 3. The smallest absolute Gasteiger partial charge is 0.276 e. The number of fused-ring (bicyclic) bond motifs is 1. The Morgan fingerprint density at radius 1 is 0.733 bits per heavy atom. The van der Waals surface area contributed by atoms with Crippen molar-refractivity contribution in [2.45, 2.75) is 18.4 Å². The van der Waals surface area contributed by atoms with Crippen molar-refractivity contribution in [3.8, 4) is 0 Å². The summed E-state index contributed by atoms with van der Waals surface area (Å²) >= 11 is 0. The summed E-state index contributed by atoms with van der Waals surface area (Å²) in [4.78, 5) is 0. The zero-order valence-corrected chi connectivity index (χ0v) is 15.0. The minimum absolute atomic E-state index is 0.159. The first-order valence-electron chi connectivity index (χ1n) is 8.74. The SMILES string of the molecule is Fc1ccc2c(c1)C(c1ccc(C(F)(F)F)cc1)NN2c1cccc(C(F)(F)F)c1. The maximum absolute atomic E-state index is 13.9. The first kappa shape index (κ1) is 20.2. The Hall–Kier alpha value is -3.07. The van der Waals surface area contributed by atoms with E-state index in [0.29, 0.717) is 16.8 Å². The van der Waals surface area contributed by atoms with Gasteiger partial charge in [0.05, 0.1) is 28.5 Å². The van der Waals surface area contributed by atoms with Gasteiger partial charge in [-0.15, -0.1) is 0 Å². The Balaban J connectivity index is 1.75. The zero-order chi connectivity index (χ0) is 21.7. The molecule has 2 nitrogen and oxygen atoms in total. The van der Waals surface area contributed by atoms with E-state index < -0.39 is 35.3 Å². The highest BCUT2D eigenvalue weighted by atomic mass is 19.4. The number of hydrazine groups is 1. The molecule has 0 spiro atoms. The highest BCUT2D eigenvalue weighted by molar-refractivity contribution is 5.71. The van der Waals surface area contributed by atoms with Crippen molar-refractivity contribution in [3.05, 3.63) is 94.8 Å². The van der Waals surface area contributed by atoms with E-state index in [1.54, 1.807) is 0 Å². The number of anilines is 2. The van der Waals surface area contributed by atoms with Crippen molar-refractivity contribution in [1.29, 1.82) is 0 Å². The molecule has 1 N–H and O–H groups in total. The Morgan fingerprint density at radius 2 is 1.40 bits per heavy atom. The van der Waals surface area contributed by atoms with Crippen LogP contribution in [0.5, 0.6) is 0 Å². The maximum Gasteiger partial charge on any atom is 0.416 e. The predicted octanol–water partition coefficient (Wildman–Crippen LogP) is 6.61. The second-order valence-electron chi connectivity index (χ2n) is 6.77. The second kappa shape index (κ2) is 7.02. The van der Waals surface area contributed by atoms with Crippen LogP contribution in [0.3, 0.4) is 0 Å². The molecule has 1 atom stereocenters. The van der Waals surface area contributed by atoms with Crippen LogP contribution in [0.25, 0.3) is 0 Å². The van der Waals surface area contributed by atoms with Crippen LogP contribution in [0.15, 0.2) is 66.7 Å². The van der Waals surface area contributed by atoms with Gasteiger partial charge >= 0.3 is 12.4 Å². The molecule has 4 rings (SSSR count). The molecule has 0 aromatic heterocycles. The number of alkyl halides is 6. The molecule has 9 heteroatoms. The molecule has 1 heterocycles. The van der Waals surface area contributed by atoms with E-state index >= 15 is 0 Å². The molecular weight excluding hydrogens is 413 g/mol. The zero-order valence-electron chi connectivity index (χ0n) is 15.0. The third-order valence-electron chi connectivity index (χ3n) is 4.80. The van der Waals surface area contributed by atoms with Gasteiger partial charge in [-0.3, -0.25) is 5.01 Å². The maximum atomic E-state index is 13.9. The lowest BCUT2D eigenvalue weighted by Gasteiger charge is -2.22. The van der Waals surface area contributed by atoms with E-state index in [9.17, 15) is 30.7 Å². The van der Waals surface area contributed by atoms with Gasteiger partial charge in [0, 0.05) is 5.56 Å².